The first kappa shape index (κ1) is 12.7. The molecule has 0 saturated carbocycles. The first-order chi connectivity index (χ1) is 7.34. The number of carbonyl (C=O) groups excluding carboxylic acids is 2. The second kappa shape index (κ2) is 4.68. The van der Waals surface area contributed by atoms with Gasteiger partial charge in [0, 0.05) is 18.7 Å². The molecule has 0 aromatic carbocycles. The molecule has 1 atom stereocenters. The Morgan fingerprint density at radius 1 is 1.56 bits per heavy atom. The lowest BCUT2D eigenvalue weighted by Gasteiger charge is -2.32. The molecule has 1 heterocycles. The van der Waals surface area contributed by atoms with Crippen molar-refractivity contribution < 1.29 is 14.4 Å². The van der Waals surface area contributed by atoms with Gasteiger partial charge in [-0.2, -0.15) is 0 Å². The molecule has 0 saturated heterocycles. The van der Waals surface area contributed by atoms with Crippen LogP contribution in [0.5, 0.6) is 0 Å². The van der Waals surface area contributed by atoms with Gasteiger partial charge in [-0.05, 0) is 27.2 Å². The van der Waals surface area contributed by atoms with Crippen LogP contribution >= 0.6 is 0 Å². The van der Waals surface area contributed by atoms with Crippen molar-refractivity contribution in [2.75, 3.05) is 0 Å². The summed E-state index contributed by atoms with van der Waals surface area (Å²) in [5, 5.41) is 1.50. The van der Waals surface area contributed by atoms with Gasteiger partial charge in [0.1, 0.15) is 0 Å². The summed E-state index contributed by atoms with van der Waals surface area (Å²) in [7, 11) is 0. The molecule has 0 N–H and O–H groups in total. The highest BCUT2D eigenvalue weighted by molar-refractivity contribution is 5.90. The average molecular weight is 225 g/mol. The van der Waals surface area contributed by atoms with E-state index < -0.39 is 5.41 Å². The Bertz CT molecular complexity index is 315. The van der Waals surface area contributed by atoms with E-state index in [1.807, 2.05) is 6.92 Å². The molecule has 0 spiro atoms. The minimum atomic E-state index is -0.534. The van der Waals surface area contributed by atoms with E-state index in [2.05, 4.69) is 0 Å². The molecule has 0 bridgehead atoms. The van der Waals surface area contributed by atoms with Gasteiger partial charge in [-0.1, -0.05) is 6.92 Å². The Kier molecular flexibility index (Phi) is 3.73. The monoisotopic (exact) mass is 225 g/mol. The normalized spacial score (nSPS) is 21.1. The molecule has 1 rings (SSSR count). The van der Waals surface area contributed by atoms with Gasteiger partial charge in [0.05, 0.1) is 11.5 Å². The SMILES string of the molecule is CCC1CC(=O)C=CN1OC(=O)C(C)(C)C. The van der Waals surface area contributed by atoms with Crippen LogP contribution in [0.4, 0.5) is 0 Å². The summed E-state index contributed by atoms with van der Waals surface area (Å²) in [5.74, 6) is -0.208. The second-order valence-electron chi connectivity index (χ2n) is 5.04. The van der Waals surface area contributed by atoms with Crippen LogP contribution in [0, 0.1) is 5.41 Å². The van der Waals surface area contributed by atoms with E-state index in [0.717, 1.165) is 6.42 Å². The third-order valence-electron chi connectivity index (χ3n) is 2.48. The summed E-state index contributed by atoms with van der Waals surface area (Å²) in [4.78, 5) is 28.2. The minimum absolute atomic E-state index is 0.0381. The van der Waals surface area contributed by atoms with E-state index in [1.165, 1.54) is 11.1 Å². The van der Waals surface area contributed by atoms with Gasteiger partial charge in [-0.15, -0.1) is 0 Å². The van der Waals surface area contributed by atoms with Crippen molar-refractivity contribution in [2.45, 2.75) is 46.6 Å². The van der Waals surface area contributed by atoms with Gasteiger partial charge >= 0.3 is 5.97 Å². The van der Waals surface area contributed by atoms with Gasteiger partial charge in [0.15, 0.2) is 5.78 Å². The van der Waals surface area contributed by atoms with E-state index in [0.29, 0.717) is 6.42 Å². The summed E-state index contributed by atoms with van der Waals surface area (Å²) in [5.41, 5.74) is -0.534. The van der Waals surface area contributed by atoms with Crippen molar-refractivity contribution in [3.8, 4) is 0 Å². The molecule has 0 aromatic rings. The summed E-state index contributed by atoms with van der Waals surface area (Å²) in [6, 6.07) is -0.0381. The van der Waals surface area contributed by atoms with E-state index in [-0.39, 0.29) is 17.8 Å². The third-order valence-corrected chi connectivity index (χ3v) is 2.48. The molecule has 4 heteroatoms. The first-order valence-corrected chi connectivity index (χ1v) is 5.56. The van der Waals surface area contributed by atoms with E-state index in [9.17, 15) is 9.59 Å². The van der Waals surface area contributed by atoms with Crippen molar-refractivity contribution in [1.82, 2.24) is 5.06 Å². The molecular formula is C12H19NO3. The predicted octanol–water partition coefficient (Wildman–Crippen LogP) is 2.06. The molecule has 0 radical (unpaired) electrons. The molecule has 90 valence electrons. The standard InChI is InChI=1S/C12H19NO3/c1-5-9-8-10(14)6-7-13(9)16-11(15)12(2,3)4/h6-7,9H,5,8H2,1-4H3. The van der Waals surface area contributed by atoms with E-state index in [1.54, 1.807) is 27.0 Å². The summed E-state index contributed by atoms with van der Waals surface area (Å²) >= 11 is 0. The van der Waals surface area contributed by atoms with Crippen LogP contribution < -0.4 is 0 Å². The molecular weight excluding hydrogens is 206 g/mol. The maximum absolute atomic E-state index is 11.7. The number of allylic oxidation sites excluding steroid dienone is 1. The fourth-order valence-corrected chi connectivity index (χ4v) is 1.33. The van der Waals surface area contributed by atoms with Crippen LogP contribution in [0.1, 0.15) is 40.5 Å². The fourth-order valence-electron chi connectivity index (χ4n) is 1.33. The molecule has 16 heavy (non-hydrogen) atoms. The molecule has 0 aromatic heterocycles. The zero-order valence-corrected chi connectivity index (χ0v) is 10.3. The maximum atomic E-state index is 11.7. The van der Waals surface area contributed by atoms with E-state index in [4.69, 9.17) is 4.84 Å². The smallest absolute Gasteiger partial charge is 0.337 e. The minimum Gasteiger partial charge on any atom is -0.341 e. The highest BCUT2D eigenvalue weighted by Crippen LogP contribution is 2.21. The van der Waals surface area contributed by atoms with Gasteiger partial charge in [0.25, 0.3) is 0 Å². The number of hydrogen-bond donors (Lipinski definition) is 0. The number of rotatable bonds is 2. The van der Waals surface area contributed by atoms with E-state index >= 15 is 0 Å². The summed E-state index contributed by atoms with van der Waals surface area (Å²) < 4.78 is 0. The number of nitrogens with zero attached hydrogens (tertiary/aromatic N) is 1. The summed E-state index contributed by atoms with van der Waals surface area (Å²) in [6.07, 6.45) is 4.17. The van der Waals surface area contributed by atoms with Gasteiger partial charge < -0.3 is 4.84 Å². The number of hydrogen-bond acceptors (Lipinski definition) is 4. The Morgan fingerprint density at radius 2 is 2.19 bits per heavy atom. The maximum Gasteiger partial charge on any atom is 0.337 e. The highest BCUT2D eigenvalue weighted by Gasteiger charge is 2.29. The number of carbonyl (C=O) groups is 2. The van der Waals surface area contributed by atoms with Gasteiger partial charge in [0.2, 0.25) is 0 Å². The lowest BCUT2D eigenvalue weighted by molar-refractivity contribution is -0.198. The van der Waals surface area contributed by atoms with Gasteiger partial charge in [-0.3, -0.25) is 4.79 Å². The Labute approximate surface area is 96.2 Å². The van der Waals surface area contributed by atoms with Crippen molar-refractivity contribution in [3.63, 3.8) is 0 Å². The molecule has 0 fully saturated rings. The predicted molar refractivity (Wildman–Crippen MR) is 60.2 cm³/mol. The average Bonchev–Trinajstić information content (AvgIpc) is 2.19. The van der Waals surface area contributed by atoms with Crippen molar-refractivity contribution >= 4 is 11.8 Å². The van der Waals surface area contributed by atoms with Crippen molar-refractivity contribution in [2.24, 2.45) is 5.41 Å². The largest absolute Gasteiger partial charge is 0.341 e. The second-order valence-corrected chi connectivity index (χ2v) is 5.04. The lowest BCUT2D eigenvalue weighted by atomic mass is 9.97. The van der Waals surface area contributed by atoms with Crippen molar-refractivity contribution in [3.05, 3.63) is 12.3 Å². The third kappa shape index (κ3) is 3.08. The van der Waals surface area contributed by atoms with Crippen LogP contribution in [0.2, 0.25) is 0 Å². The van der Waals surface area contributed by atoms with Crippen LogP contribution in [-0.4, -0.2) is 22.9 Å². The molecule has 0 aliphatic carbocycles. The van der Waals surface area contributed by atoms with Crippen LogP contribution in [-0.2, 0) is 14.4 Å². The molecule has 1 aliphatic rings. The molecule has 1 aliphatic heterocycles. The van der Waals surface area contributed by atoms with Crippen LogP contribution in [0.3, 0.4) is 0 Å². The summed E-state index contributed by atoms with van der Waals surface area (Å²) in [6.45, 7) is 7.37. The lowest BCUT2D eigenvalue weighted by Crippen LogP contribution is -2.39. The Balaban J connectivity index is 2.69. The zero-order chi connectivity index (χ0) is 12.3. The number of ketones is 1. The van der Waals surface area contributed by atoms with Crippen LogP contribution in [0.15, 0.2) is 12.3 Å². The topological polar surface area (TPSA) is 46.6 Å². The first-order valence-electron chi connectivity index (χ1n) is 5.56. The molecule has 4 nitrogen and oxygen atoms in total. The highest BCUT2D eigenvalue weighted by atomic mass is 16.7. The quantitative estimate of drug-likeness (QED) is 0.721. The molecule has 0 amide bonds. The Hall–Kier alpha value is -1.32. The number of hydroxylamine groups is 2. The fraction of sp³-hybridized carbons (Fsp3) is 0.667. The molecule has 1 unspecified atom stereocenters. The van der Waals surface area contributed by atoms with Crippen molar-refractivity contribution in [1.29, 1.82) is 0 Å². The zero-order valence-electron chi connectivity index (χ0n) is 10.3. The van der Waals surface area contributed by atoms with Gasteiger partial charge in [-0.25, -0.2) is 9.86 Å². The van der Waals surface area contributed by atoms with Crippen LogP contribution in [0.25, 0.3) is 0 Å². The Morgan fingerprint density at radius 3 is 2.69 bits per heavy atom.